The monoisotopic (exact) mass is 329 g/mol. The van der Waals surface area contributed by atoms with E-state index < -0.39 is 10.9 Å². The Hall–Kier alpha value is -3.42. The standard InChI is InChI=1S/C16H15N3O5/c1-11(16(20)23-2)17-18-14-9-8-13(10-15(14)19(21)22)24-12-6-4-3-5-7-12/h3-10,18H,1-2H3/b17-11+. The lowest BCUT2D eigenvalue weighted by Gasteiger charge is -2.08. The molecule has 124 valence electrons. The molecule has 2 aromatic rings. The van der Waals surface area contributed by atoms with Gasteiger partial charge in [-0.05, 0) is 31.2 Å². The average Bonchev–Trinajstić information content (AvgIpc) is 2.60. The van der Waals surface area contributed by atoms with E-state index in [2.05, 4.69) is 15.3 Å². The van der Waals surface area contributed by atoms with Crippen LogP contribution in [0.5, 0.6) is 11.5 Å². The Bertz CT molecular complexity index is 775. The minimum Gasteiger partial charge on any atom is -0.464 e. The maximum atomic E-state index is 11.3. The molecule has 0 saturated carbocycles. The summed E-state index contributed by atoms with van der Waals surface area (Å²) in [5.74, 6) is 0.244. The second kappa shape index (κ2) is 7.73. The highest BCUT2D eigenvalue weighted by atomic mass is 16.6. The molecule has 0 atom stereocenters. The molecule has 0 heterocycles. The zero-order chi connectivity index (χ0) is 17.5. The van der Waals surface area contributed by atoms with Crippen LogP contribution in [-0.4, -0.2) is 23.7 Å². The molecule has 0 saturated heterocycles. The van der Waals surface area contributed by atoms with Crippen LogP contribution in [0.2, 0.25) is 0 Å². The Morgan fingerprint density at radius 1 is 1.17 bits per heavy atom. The first-order valence-corrected chi connectivity index (χ1v) is 6.91. The van der Waals surface area contributed by atoms with Crippen molar-refractivity contribution in [3.63, 3.8) is 0 Å². The number of nitro groups is 1. The minimum absolute atomic E-state index is 0.0383. The van der Waals surface area contributed by atoms with Crippen molar-refractivity contribution < 1.29 is 19.2 Å². The van der Waals surface area contributed by atoms with Gasteiger partial charge < -0.3 is 9.47 Å². The van der Waals surface area contributed by atoms with Gasteiger partial charge in [0.25, 0.3) is 5.69 Å². The van der Waals surface area contributed by atoms with E-state index in [1.54, 1.807) is 30.3 Å². The summed E-state index contributed by atoms with van der Waals surface area (Å²) in [6.07, 6.45) is 0. The van der Waals surface area contributed by atoms with Gasteiger partial charge >= 0.3 is 5.97 Å². The molecule has 0 bridgehead atoms. The first-order valence-electron chi connectivity index (χ1n) is 6.91. The predicted molar refractivity (Wildman–Crippen MR) is 88.4 cm³/mol. The van der Waals surface area contributed by atoms with Crippen LogP contribution in [0.1, 0.15) is 6.92 Å². The Morgan fingerprint density at radius 2 is 1.88 bits per heavy atom. The van der Waals surface area contributed by atoms with E-state index in [9.17, 15) is 14.9 Å². The second-order valence-electron chi connectivity index (χ2n) is 4.65. The van der Waals surface area contributed by atoms with Gasteiger partial charge in [-0.1, -0.05) is 18.2 Å². The molecule has 0 fully saturated rings. The summed E-state index contributed by atoms with van der Waals surface area (Å²) in [6.45, 7) is 1.43. The topological polar surface area (TPSA) is 103 Å². The van der Waals surface area contributed by atoms with Crippen LogP contribution < -0.4 is 10.2 Å². The number of hydrazone groups is 1. The predicted octanol–water partition coefficient (Wildman–Crippen LogP) is 3.35. The van der Waals surface area contributed by atoms with Crippen LogP contribution in [0, 0.1) is 10.1 Å². The van der Waals surface area contributed by atoms with Crippen LogP contribution in [0.4, 0.5) is 11.4 Å². The Labute approximate surface area is 137 Å². The van der Waals surface area contributed by atoms with E-state index in [1.165, 1.54) is 26.2 Å². The largest absolute Gasteiger partial charge is 0.464 e. The number of ether oxygens (including phenoxy) is 2. The van der Waals surface area contributed by atoms with Crippen molar-refractivity contribution in [1.82, 2.24) is 0 Å². The molecule has 2 aromatic carbocycles. The number of methoxy groups -OCH3 is 1. The van der Waals surface area contributed by atoms with Gasteiger partial charge in [0.05, 0.1) is 18.1 Å². The maximum Gasteiger partial charge on any atom is 0.353 e. The number of anilines is 1. The van der Waals surface area contributed by atoms with Crippen LogP contribution in [0.3, 0.4) is 0 Å². The fraction of sp³-hybridized carbons (Fsp3) is 0.125. The zero-order valence-corrected chi connectivity index (χ0v) is 13.1. The molecule has 1 N–H and O–H groups in total. The molecular formula is C16H15N3O5. The number of nitrogens with zero attached hydrogens (tertiary/aromatic N) is 2. The normalized spacial score (nSPS) is 10.8. The number of carbonyl (C=O) groups is 1. The summed E-state index contributed by atoms with van der Waals surface area (Å²) in [5.41, 5.74) is 2.43. The van der Waals surface area contributed by atoms with Gasteiger partial charge in [0.1, 0.15) is 22.9 Å². The van der Waals surface area contributed by atoms with Crippen LogP contribution >= 0.6 is 0 Å². The number of carbonyl (C=O) groups excluding carboxylic acids is 1. The smallest absolute Gasteiger partial charge is 0.353 e. The number of nitro benzene ring substituents is 1. The number of para-hydroxylation sites is 1. The van der Waals surface area contributed by atoms with Gasteiger partial charge in [0, 0.05) is 0 Å². The van der Waals surface area contributed by atoms with E-state index in [1.807, 2.05) is 6.07 Å². The summed E-state index contributed by atoms with van der Waals surface area (Å²) in [5, 5.41) is 15.0. The zero-order valence-electron chi connectivity index (χ0n) is 13.1. The van der Waals surface area contributed by atoms with Crippen molar-refractivity contribution in [2.24, 2.45) is 5.10 Å². The number of esters is 1. The highest BCUT2D eigenvalue weighted by Crippen LogP contribution is 2.31. The summed E-state index contributed by atoms with van der Waals surface area (Å²) < 4.78 is 10.1. The fourth-order valence-electron chi connectivity index (χ4n) is 1.78. The molecule has 8 nitrogen and oxygen atoms in total. The molecule has 2 rings (SSSR count). The third kappa shape index (κ3) is 4.29. The number of benzene rings is 2. The Kier molecular flexibility index (Phi) is 5.45. The van der Waals surface area contributed by atoms with Gasteiger partial charge in [0.15, 0.2) is 0 Å². The van der Waals surface area contributed by atoms with Crippen molar-refractivity contribution >= 4 is 23.1 Å². The van der Waals surface area contributed by atoms with E-state index in [-0.39, 0.29) is 17.1 Å². The van der Waals surface area contributed by atoms with E-state index in [0.29, 0.717) is 11.5 Å². The van der Waals surface area contributed by atoms with Crippen molar-refractivity contribution in [1.29, 1.82) is 0 Å². The molecule has 0 aliphatic rings. The maximum absolute atomic E-state index is 11.3. The molecule has 0 aliphatic heterocycles. The Balaban J connectivity index is 2.24. The van der Waals surface area contributed by atoms with Gasteiger partial charge in [-0.2, -0.15) is 5.10 Å². The SMILES string of the molecule is COC(=O)/C(C)=N/Nc1ccc(Oc2ccccc2)cc1[N+](=O)[O-]. The molecule has 0 radical (unpaired) electrons. The summed E-state index contributed by atoms with van der Waals surface area (Å²) in [7, 11) is 1.22. The van der Waals surface area contributed by atoms with Gasteiger partial charge in [-0.15, -0.1) is 0 Å². The van der Waals surface area contributed by atoms with Gasteiger partial charge in [-0.25, -0.2) is 4.79 Å². The molecule has 0 spiro atoms. The minimum atomic E-state index is -0.630. The average molecular weight is 329 g/mol. The first kappa shape index (κ1) is 16.9. The molecule has 0 unspecified atom stereocenters. The van der Waals surface area contributed by atoms with Crippen LogP contribution in [0.15, 0.2) is 53.6 Å². The Morgan fingerprint density at radius 3 is 2.50 bits per heavy atom. The van der Waals surface area contributed by atoms with Gasteiger partial charge in [-0.3, -0.25) is 15.5 Å². The lowest BCUT2D eigenvalue weighted by molar-refractivity contribution is -0.384. The highest BCUT2D eigenvalue weighted by molar-refractivity contribution is 6.35. The first-order chi connectivity index (χ1) is 11.5. The lowest BCUT2D eigenvalue weighted by Crippen LogP contribution is -2.13. The second-order valence-corrected chi connectivity index (χ2v) is 4.65. The van der Waals surface area contributed by atoms with Crippen LogP contribution in [0.25, 0.3) is 0 Å². The molecular weight excluding hydrogens is 314 g/mol. The highest BCUT2D eigenvalue weighted by Gasteiger charge is 2.16. The summed E-state index contributed by atoms with van der Waals surface area (Å²) in [6, 6.07) is 13.2. The molecule has 0 aromatic heterocycles. The summed E-state index contributed by atoms with van der Waals surface area (Å²) in [4.78, 5) is 21.9. The van der Waals surface area contributed by atoms with Crippen molar-refractivity contribution in [3.05, 3.63) is 58.6 Å². The third-order valence-corrected chi connectivity index (χ3v) is 2.97. The fourth-order valence-corrected chi connectivity index (χ4v) is 1.78. The van der Waals surface area contributed by atoms with E-state index in [0.717, 1.165) is 0 Å². The van der Waals surface area contributed by atoms with E-state index >= 15 is 0 Å². The molecule has 0 amide bonds. The number of hydrogen-bond acceptors (Lipinski definition) is 7. The van der Waals surface area contributed by atoms with Crippen LogP contribution in [-0.2, 0) is 9.53 Å². The molecule has 0 aliphatic carbocycles. The quantitative estimate of drug-likeness (QED) is 0.377. The van der Waals surface area contributed by atoms with Gasteiger partial charge in [0.2, 0.25) is 0 Å². The molecule has 8 heteroatoms. The van der Waals surface area contributed by atoms with E-state index in [4.69, 9.17) is 4.74 Å². The number of hydrogen-bond donors (Lipinski definition) is 1. The summed E-state index contributed by atoms with van der Waals surface area (Å²) >= 11 is 0. The lowest BCUT2D eigenvalue weighted by atomic mass is 10.2. The number of rotatable bonds is 6. The molecule has 24 heavy (non-hydrogen) atoms. The van der Waals surface area contributed by atoms with Crippen molar-refractivity contribution in [2.75, 3.05) is 12.5 Å². The van der Waals surface area contributed by atoms with Crippen molar-refractivity contribution in [3.8, 4) is 11.5 Å². The number of nitrogens with one attached hydrogen (secondary N) is 1. The van der Waals surface area contributed by atoms with Crippen molar-refractivity contribution in [2.45, 2.75) is 6.92 Å². The third-order valence-electron chi connectivity index (χ3n) is 2.97.